The summed E-state index contributed by atoms with van der Waals surface area (Å²) in [6.07, 6.45) is -3.42. The van der Waals surface area contributed by atoms with E-state index in [2.05, 4.69) is 16.0 Å². The number of carbonyl (C=O) groups is 5. The fourth-order valence-corrected chi connectivity index (χ4v) is 4.58. The van der Waals surface area contributed by atoms with Gasteiger partial charge in [-0.3, -0.25) is 19.2 Å². The maximum Gasteiger partial charge on any atom is 0.490 e. The Morgan fingerprint density at radius 3 is 2.11 bits per heavy atom. The summed E-state index contributed by atoms with van der Waals surface area (Å²) in [7, 11) is 0. The van der Waals surface area contributed by atoms with Crippen molar-refractivity contribution in [3.05, 3.63) is 24.3 Å². The molecule has 1 fully saturated rings. The Morgan fingerprint density at radius 1 is 1.05 bits per heavy atom. The van der Waals surface area contributed by atoms with Crippen LogP contribution in [0.4, 0.5) is 24.5 Å². The lowest BCUT2D eigenvalue weighted by molar-refractivity contribution is -0.192. The van der Waals surface area contributed by atoms with Crippen LogP contribution in [0.15, 0.2) is 24.3 Å². The molecule has 0 aliphatic carbocycles. The van der Waals surface area contributed by atoms with Gasteiger partial charge in [0.2, 0.25) is 23.6 Å². The number of alkyl halides is 5. The van der Waals surface area contributed by atoms with Crippen molar-refractivity contribution in [2.45, 2.75) is 51.4 Å². The average molecular weight is 672 g/mol. The number of anilines is 2. The van der Waals surface area contributed by atoms with E-state index >= 15 is 0 Å². The molecule has 0 bridgehead atoms. The Labute approximate surface area is 263 Å². The molecular weight excluding hydrogens is 632 g/mol. The second kappa shape index (κ2) is 19.2. The van der Waals surface area contributed by atoms with Crippen molar-refractivity contribution < 1.29 is 42.3 Å². The lowest BCUT2D eigenvalue weighted by Crippen LogP contribution is -2.51. The minimum absolute atomic E-state index is 0.224. The summed E-state index contributed by atoms with van der Waals surface area (Å²) in [4.78, 5) is 62.2. The normalized spacial score (nSPS) is 15.1. The van der Waals surface area contributed by atoms with E-state index in [9.17, 15) is 32.3 Å². The number of carbonyl (C=O) groups excluding carboxylic acids is 4. The van der Waals surface area contributed by atoms with Crippen LogP contribution < -0.4 is 26.6 Å². The number of carboxylic acids is 1. The molecule has 1 aromatic carbocycles. The van der Waals surface area contributed by atoms with Crippen LogP contribution in [0, 0.1) is 5.92 Å². The Morgan fingerprint density at radius 2 is 1.61 bits per heavy atom. The van der Waals surface area contributed by atoms with Gasteiger partial charge in [-0.25, -0.2) is 4.79 Å². The molecule has 0 unspecified atom stereocenters. The second-order valence-corrected chi connectivity index (χ2v) is 10.9. The molecule has 0 radical (unpaired) electrons. The summed E-state index contributed by atoms with van der Waals surface area (Å²) >= 11 is 11.7. The minimum Gasteiger partial charge on any atom is -0.475 e. The van der Waals surface area contributed by atoms with E-state index < -0.39 is 36.0 Å². The zero-order valence-corrected chi connectivity index (χ0v) is 26.0. The number of halogens is 5. The molecule has 44 heavy (non-hydrogen) atoms. The number of hydrogen-bond donors (Lipinski definition) is 5. The third-order valence-electron chi connectivity index (χ3n) is 6.24. The van der Waals surface area contributed by atoms with Crippen LogP contribution in [-0.4, -0.2) is 102 Å². The number of hydrogen-bond acceptors (Lipinski definition) is 7. The number of nitrogens with one attached hydrogen (secondary N) is 3. The predicted octanol–water partition coefficient (Wildman–Crippen LogP) is 2.14. The summed E-state index contributed by atoms with van der Waals surface area (Å²) < 4.78 is 31.7. The third-order valence-corrected chi connectivity index (χ3v) is 6.58. The van der Waals surface area contributed by atoms with Gasteiger partial charge in [0.25, 0.3) is 0 Å². The molecule has 2 atom stereocenters. The predicted molar refractivity (Wildman–Crippen MR) is 161 cm³/mol. The van der Waals surface area contributed by atoms with Gasteiger partial charge < -0.3 is 36.6 Å². The topological polar surface area (TPSA) is 174 Å². The van der Waals surface area contributed by atoms with Crippen LogP contribution in [-0.2, 0) is 24.0 Å². The van der Waals surface area contributed by atoms with Gasteiger partial charge in [0.1, 0.15) is 6.04 Å². The summed E-state index contributed by atoms with van der Waals surface area (Å²) in [5.41, 5.74) is 7.38. The van der Waals surface area contributed by atoms with Gasteiger partial charge in [-0.1, -0.05) is 13.8 Å². The molecule has 0 spiro atoms. The molecule has 6 N–H and O–H groups in total. The summed E-state index contributed by atoms with van der Waals surface area (Å²) in [6, 6.07) is 5.89. The number of aliphatic carboxylic acids is 1. The van der Waals surface area contributed by atoms with E-state index in [4.69, 9.17) is 38.8 Å². The van der Waals surface area contributed by atoms with Gasteiger partial charge in [-0.2, -0.15) is 13.2 Å². The van der Waals surface area contributed by atoms with Gasteiger partial charge in [-0.15, -0.1) is 23.2 Å². The SMILES string of the molecule is CC(C)C[C@H](N)C(=O)NCC(=O)N1CCC[C@H]1C(=O)NCC(=O)Nc1ccc(N(CCCl)CCCl)cc1.O=C(O)C(F)(F)F. The van der Waals surface area contributed by atoms with Crippen molar-refractivity contribution in [1.29, 1.82) is 0 Å². The zero-order chi connectivity index (χ0) is 33.4. The highest BCUT2D eigenvalue weighted by Gasteiger charge is 2.38. The van der Waals surface area contributed by atoms with Gasteiger partial charge >= 0.3 is 12.1 Å². The smallest absolute Gasteiger partial charge is 0.475 e. The van der Waals surface area contributed by atoms with E-state index in [1.165, 1.54) is 4.90 Å². The summed E-state index contributed by atoms with van der Waals surface area (Å²) in [5.74, 6) is -3.10. The fourth-order valence-electron chi connectivity index (χ4n) is 4.17. The summed E-state index contributed by atoms with van der Waals surface area (Å²) in [6.45, 7) is 5.19. The first-order chi connectivity index (χ1) is 20.6. The molecule has 1 saturated heterocycles. The molecule has 2 rings (SSSR count). The number of amides is 4. The van der Waals surface area contributed by atoms with Crippen LogP contribution in [0.25, 0.3) is 0 Å². The Hall–Kier alpha value is -3.30. The number of rotatable bonds is 14. The van der Waals surface area contributed by atoms with Crippen LogP contribution in [0.2, 0.25) is 0 Å². The van der Waals surface area contributed by atoms with Gasteiger partial charge in [0, 0.05) is 42.8 Å². The molecule has 12 nitrogen and oxygen atoms in total. The van der Waals surface area contributed by atoms with Crippen molar-refractivity contribution in [3.63, 3.8) is 0 Å². The Kier molecular flexibility index (Phi) is 16.9. The Balaban J connectivity index is 0.00000123. The van der Waals surface area contributed by atoms with Crippen molar-refractivity contribution in [2.75, 3.05) is 54.7 Å². The first-order valence-electron chi connectivity index (χ1n) is 13.8. The first kappa shape index (κ1) is 38.7. The van der Waals surface area contributed by atoms with E-state index in [0.717, 1.165) is 5.69 Å². The van der Waals surface area contributed by atoms with Gasteiger partial charge in [-0.05, 0) is 49.4 Å². The van der Waals surface area contributed by atoms with Crippen LogP contribution in [0.1, 0.15) is 33.1 Å². The van der Waals surface area contributed by atoms with Crippen LogP contribution in [0.3, 0.4) is 0 Å². The zero-order valence-electron chi connectivity index (χ0n) is 24.5. The number of nitrogens with two attached hydrogens (primary N) is 1. The van der Waals surface area contributed by atoms with Crippen LogP contribution >= 0.6 is 23.2 Å². The minimum atomic E-state index is -5.08. The number of benzene rings is 1. The molecule has 1 aliphatic rings. The highest BCUT2D eigenvalue weighted by atomic mass is 35.5. The monoisotopic (exact) mass is 670 g/mol. The molecule has 1 aromatic rings. The van der Waals surface area contributed by atoms with Crippen LogP contribution in [0.5, 0.6) is 0 Å². The van der Waals surface area contributed by atoms with Gasteiger partial charge in [0.15, 0.2) is 0 Å². The quantitative estimate of drug-likeness (QED) is 0.187. The third kappa shape index (κ3) is 14.0. The Bertz CT molecular complexity index is 1100. The molecule has 1 aliphatic heterocycles. The second-order valence-electron chi connectivity index (χ2n) is 10.2. The fraction of sp³-hybridized carbons (Fsp3) is 0.593. The highest BCUT2D eigenvalue weighted by Crippen LogP contribution is 2.19. The highest BCUT2D eigenvalue weighted by molar-refractivity contribution is 6.18. The van der Waals surface area contributed by atoms with Crippen molar-refractivity contribution in [2.24, 2.45) is 11.7 Å². The molecule has 0 aromatic heterocycles. The van der Waals surface area contributed by atoms with Crippen molar-refractivity contribution in [3.8, 4) is 0 Å². The standard InChI is InChI=1S/C25H38Cl2N6O4.C2HF3O2/c1-17(2)14-20(28)24(36)30-16-23(35)33-11-3-4-21(33)25(37)29-15-22(34)31-18-5-7-19(8-6-18)32(12-9-26)13-10-27;3-2(4,5)1(6)7/h5-8,17,20-21H,3-4,9-16,28H2,1-2H3,(H,29,37)(H,30,36)(H,31,34);(H,6,7)/t20-,21-;/m0./s1. The van der Waals surface area contributed by atoms with Crippen molar-refractivity contribution in [1.82, 2.24) is 15.5 Å². The maximum atomic E-state index is 12.7. The lowest BCUT2D eigenvalue weighted by Gasteiger charge is -2.24. The molecule has 17 heteroatoms. The van der Waals surface area contributed by atoms with E-state index in [0.29, 0.717) is 56.3 Å². The van der Waals surface area contributed by atoms with E-state index in [-0.39, 0.29) is 30.8 Å². The molecular formula is C27H39Cl2F3N6O6. The lowest BCUT2D eigenvalue weighted by atomic mass is 10.0. The summed E-state index contributed by atoms with van der Waals surface area (Å²) in [5, 5.41) is 15.0. The molecule has 0 saturated carbocycles. The molecule has 4 amide bonds. The number of likely N-dealkylation sites (tertiary alicyclic amines) is 1. The number of nitrogens with zero attached hydrogens (tertiary/aromatic N) is 2. The number of carboxylic acid groups (broad SMARTS) is 1. The maximum absolute atomic E-state index is 12.7. The van der Waals surface area contributed by atoms with Crippen molar-refractivity contribution >= 4 is 64.2 Å². The molecule has 1 heterocycles. The first-order valence-corrected chi connectivity index (χ1v) is 14.8. The van der Waals surface area contributed by atoms with E-state index in [1.807, 2.05) is 30.9 Å². The van der Waals surface area contributed by atoms with Gasteiger partial charge in [0.05, 0.1) is 19.1 Å². The largest absolute Gasteiger partial charge is 0.490 e. The average Bonchev–Trinajstić information content (AvgIpc) is 3.44. The molecule has 248 valence electrons. The van der Waals surface area contributed by atoms with E-state index in [1.54, 1.807) is 12.1 Å².